The van der Waals surface area contributed by atoms with Crippen molar-refractivity contribution in [2.45, 2.75) is 58.0 Å². The molecule has 0 aliphatic heterocycles. The third-order valence-corrected chi connectivity index (χ3v) is 6.52. The number of anilines is 1. The van der Waals surface area contributed by atoms with Crippen LogP contribution in [-0.4, -0.2) is 35.3 Å². The van der Waals surface area contributed by atoms with Crippen LogP contribution >= 0.6 is 0 Å². The van der Waals surface area contributed by atoms with Crippen LogP contribution in [0.3, 0.4) is 0 Å². The minimum Gasteiger partial charge on any atom is -0.459 e. The summed E-state index contributed by atoms with van der Waals surface area (Å²) in [4.78, 5) is 45.7. The van der Waals surface area contributed by atoms with E-state index >= 15 is 0 Å². The normalized spacial score (nSPS) is 14.6. The summed E-state index contributed by atoms with van der Waals surface area (Å²) in [5.74, 6) is -1.05. The van der Waals surface area contributed by atoms with Crippen molar-refractivity contribution in [2.75, 3.05) is 11.4 Å². The highest BCUT2D eigenvalue weighted by Crippen LogP contribution is 2.32. The van der Waals surface area contributed by atoms with Gasteiger partial charge in [-0.25, -0.2) is 0 Å². The third kappa shape index (κ3) is 6.00. The maximum absolute atomic E-state index is 13.8. The van der Waals surface area contributed by atoms with E-state index in [1.54, 1.807) is 30.6 Å². The number of nitrogens with one attached hydrogen (secondary N) is 2. The molecule has 8 heteroatoms. The Morgan fingerprint density at radius 3 is 2.50 bits per heavy atom. The number of hydrogen-bond donors (Lipinski definition) is 2. The lowest BCUT2D eigenvalue weighted by Gasteiger charge is -2.34. The van der Waals surface area contributed by atoms with Crippen LogP contribution in [-0.2, 0) is 9.59 Å². The van der Waals surface area contributed by atoms with Gasteiger partial charge in [-0.2, -0.15) is 0 Å². The highest BCUT2D eigenvalue weighted by atomic mass is 16.3. The number of benzene rings is 1. The lowest BCUT2D eigenvalue weighted by molar-refractivity contribution is -0.127. The zero-order chi connectivity index (χ0) is 25.5. The summed E-state index contributed by atoms with van der Waals surface area (Å²) >= 11 is 0. The van der Waals surface area contributed by atoms with Gasteiger partial charge in [0.05, 0.1) is 12.8 Å². The Labute approximate surface area is 211 Å². The fourth-order valence-corrected chi connectivity index (χ4v) is 4.62. The van der Waals surface area contributed by atoms with Gasteiger partial charge in [-0.05, 0) is 73.7 Å². The van der Waals surface area contributed by atoms with Gasteiger partial charge in [-0.1, -0.05) is 31.4 Å². The molecule has 3 amide bonds. The van der Waals surface area contributed by atoms with Gasteiger partial charge in [0.1, 0.15) is 6.04 Å². The molecule has 2 heterocycles. The first-order chi connectivity index (χ1) is 17.4. The number of rotatable bonds is 8. The largest absolute Gasteiger partial charge is 0.459 e. The summed E-state index contributed by atoms with van der Waals surface area (Å²) in [7, 11) is 0. The van der Waals surface area contributed by atoms with E-state index in [2.05, 4.69) is 15.6 Å². The lowest BCUT2D eigenvalue weighted by atomic mass is 9.94. The minimum atomic E-state index is -0.927. The van der Waals surface area contributed by atoms with Gasteiger partial charge >= 0.3 is 0 Å². The number of carbonyl (C=O) groups is 3. The maximum Gasteiger partial charge on any atom is 0.287 e. The summed E-state index contributed by atoms with van der Waals surface area (Å²) < 4.78 is 5.14. The molecule has 2 N–H and O–H groups in total. The maximum atomic E-state index is 13.8. The molecule has 4 rings (SSSR count). The van der Waals surface area contributed by atoms with Crippen molar-refractivity contribution in [1.29, 1.82) is 0 Å². The van der Waals surface area contributed by atoms with Crippen molar-refractivity contribution in [1.82, 2.24) is 15.6 Å². The van der Waals surface area contributed by atoms with Crippen LogP contribution in [0.4, 0.5) is 5.69 Å². The number of nitrogens with zero attached hydrogens (tertiary/aromatic N) is 2. The Balaban J connectivity index is 1.70. The number of amides is 3. The van der Waals surface area contributed by atoms with Gasteiger partial charge in [0.25, 0.3) is 5.91 Å². The van der Waals surface area contributed by atoms with Gasteiger partial charge in [-0.15, -0.1) is 0 Å². The SMILES string of the molecule is Cc1ccc(C)c(N(C(=O)CNC(=O)c2ccco2)[C@H](C(=O)NC2CCCCC2)c2ccncc2)c1. The molecule has 0 unspecified atom stereocenters. The highest BCUT2D eigenvalue weighted by Gasteiger charge is 2.35. The van der Waals surface area contributed by atoms with Crippen LogP contribution in [0.15, 0.2) is 65.5 Å². The van der Waals surface area contributed by atoms with Crippen molar-refractivity contribution in [3.05, 3.63) is 83.6 Å². The second-order valence-corrected chi connectivity index (χ2v) is 9.24. The average molecular weight is 489 g/mol. The predicted molar refractivity (Wildman–Crippen MR) is 136 cm³/mol. The molecule has 36 heavy (non-hydrogen) atoms. The molecular weight excluding hydrogens is 456 g/mol. The number of carbonyl (C=O) groups excluding carboxylic acids is 3. The molecule has 1 fully saturated rings. The molecule has 1 aliphatic carbocycles. The molecule has 0 radical (unpaired) electrons. The number of aromatic nitrogens is 1. The Hall–Kier alpha value is -3.94. The van der Waals surface area contributed by atoms with E-state index in [1.807, 2.05) is 32.0 Å². The third-order valence-electron chi connectivity index (χ3n) is 6.52. The Kier molecular flexibility index (Phi) is 8.15. The van der Waals surface area contributed by atoms with Gasteiger partial charge in [0, 0.05) is 24.1 Å². The van der Waals surface area contributed by atoms with E-state index in [4.69, 9.17) is 4.42 Å². The van der Waals surface area contributed by atoms with Crippen molar-refractivity contribution in [3.63, 3.8) is 0 Å². The smallest absolute Gasteiger partial charge is 0.287 e. The van der Waals surface area contributed by atoms with Crippen molar-refractivity contribution < 1.29 is 18.8 Å². The van der Waals surface area contributed by atoms with E-state index in [0.29, 0.717) is 11.3 Å². The zero-order valence-corrected chi connectivity index (χ0v) is 20.7. The lowest BCUT2D eigenvalue weighted by Crippen LogP contribution is -2.50. The summed E-state index contributed by atoms with van der Waals surface area (Å²) in [6, 6.07) is 11.6. The molecule has 1 saturated carbocycles. The zero-order valence-electron chi connectivity index (χ0n) is 20.7. The molecule has 1 aromatic carbocycles. The second kappa shape index (κ2) is 11.7. The summed E-state index contributed by atoms with van der Waals surface area (Å²) in [5, 5.41) is 5.82. The fourth-order valence-electron chi connectivity index (χ4n) is 4.62. The summed E-state index contributed by atoms with van der Waals surface area (Å²) in [6.45, 7) is 3.54. The molecule has 0 spiro atoms. The van der Waals surface area contributed by atoms with Crippen LogP contribution in [0.25, 0.3) is 0 Å². The monoisotopic (exact) mass is 488 g/mol. The molecule has 1 atom stereocenters. The first kappa shape index (κ1) is 25.2. The first-order valence-corrected chi connectivity index (χ1v) is 12.4. The average Bonchev–Trinajstić information content (AvgIpc) is 3.43. The topological polar surface area (TPSA) is 105 Å². The minimum absolute atomic E-state index is 0.0739. The van der Waals surface area contributed by atoms with Crippen LogP contribution in [0.1, 0.15) is 65.4 Å². The molecule has 2 aromatic heterocycles. The van der Waals surface area contributed by atoms with Crippen molar-refractivity contribution in [2.24, 2.45) is 0 Å². The Bertz CT molecular complexity index is 1190. The number of pyridine rings is 1. The Morgan fingerprint density at radius 1 is 1.06 bits per heavy atom. The molecule has 0 bridgehead atoms. The second-order valence-electron chi connectivity index (χ2n) is 9.24. The molecule has 0 saturated heterocycles. The molecule has 188 valence electrons. The quantitative estimate of drug-likeness (QED) is 0.493. The van der Waals surface area contributed by atoms with E-state index in [9.17, 15) is 14.4 Å². The van der Waals surface area contributed by atoms with Gasteiger partial charge in [-0.3, -0.25) is 24.3 Å². The molecule has 3 aromatic rings. The molecule has 1 aliphatic rings. The standard InChI is InChI=1S/C28H32N4O4/c1-19-10-11-20(2)23(17-19)32(25(33)18-30-27(34)24-9-6-16-36-24)26(21-12-14-29-15-13-21)28(35)31-22-7-4-3-5-8-22/h6,9-17,22,26H,3-5,7-8,18H2,1-2H3,(H,30,34)(H,31,35)/t26-/m0/s1. The van der Waals surface area contributed by atoms with Crippen LogP contribution < -0.4 is 15.5 Å². The van der Waals surface area contributed by atoms with E-state index in [1.165, 1.54) is 23.7 Å². The predicted octanol–water partition coefficient (Wildman–Crippen LogP) is 4.24. The number of hydrogen-bond acceptors (Lipinski definition) is 5. The molecule has 8 nitrogen and oxygen atoms in total. The van der Waals surface area contributed by atoms with E-state index in [0.717, 1.165) is 36.8 Å². The van der Waals surface area contributed by atoms with Crippen molar-refractivity contribution in [3.8, 4) is 0 Å². The van der Waals surface area contributed by atoms with E-state index in [-0.39, 0.29) is 24.3 Å². The van der Waals surface area contributed by atoms with Gasteiger partial charge in [0.15, 0.2) is 5.76 Å². The summed E-state index contributed by atoms with van der Waals surface area (Å²) in [5.41, 5.74) is 3.06. The fraction of sp³-hybridized carbons (Fsp3) is 0.357. The number of furan rings is 1. The van der Waals surface area contributed by atoms with Crippen molar-refractivity contribution >= 4 is 23.4 Å². The Morgan fingerprint density at radius 2 is 1.81 bits per heavy atom. The van der Waals surface area contributed by atoms with Gasteiger partial charge < -0.3 is 15.1 Å². The van der Waals surface area contributed by atoms with Gasteiger partial charge in [0.2, 0.25) is 11.8 Å². The van der Waals surface area contributed by atoms with E-state index < -0.39 is 17.9 Å². The van der Waals surface area contributed by atoms with Crippen LogP contribution in [0.2, 0.25) is 0 Å². The van der Waals surface area contributed by atoms with Crippen LogP contribution in [0, 0.1) is 13.8 Å². The van der Waals surface area contributed by atoms with Crippen LogP contribution in [0.5, 0.6) is 0 Å². The molecular formula is C28H32N4O4. The number of aryl methyl sites for hydroxylation is 2. The summed E-state index contributed by atoms with van der Waals surface area (Å²) in [6.07, 6.45) is 9.78. The highest BCUT2D eigenvalue weighted by molar-refractivity contribution is 6.04. The first-order valence-electron chi connectivity index (χ1n) is 12.4.